The molecule has 3 nitrogen and oxygen atoms in total. The fourth-order valence-corrected chi connectivity index (χ4v) is 4.00. The van der Waals surface area contributed by atoms with Crippen LogP contribution < -0.4 is 0 Å². The van der Waals surface area contributed by atoms with Crippen LogP contribution in [0.3, 0.4) is 0 Å². The summed E-state index contributed by atoms with van der Waals surface area (Å²) in [7, 11) is 0. The van der Waals surface area contributed by atoms with Gasteiger partial charge in [0.15, 0.2) is 5.60 Å². The van der Waals surface area contributed by atoms with E-state index in [0.717, 1.165) is 25.2 Å². The fourth-order valence-electron chi connectivity index (χ4n) is 4.00. The standard InChI is InChI=1S/C16H28O3/c1-5-16(14(17)18-6-2)15(19-16)9-7-8-13(11-15)10-12(3)4/h12-13H,5-11H2,1-4H3. The highest BCUT2D eigenvalue weighted by molar-refractivity contribution is 5.85. The predicted molar refractivity (Wildman–Crippen MR) is 74.9 cm³/mol. The van der Waals surface area contributed by atoms with E-state index in [9.17, 15) is 4.79 Å². The van der Waals surface area contributed by atoms with Crippen molar-refractivity contribution < 1.29 is 14.3 Å². The summed E-state index contributed by atoms with van der Waals surface area (Å²) in [6, 6.07) is 0. The first kappa shape index (κ1) is 14.8. The van der Waals surface area contributed by atoms with E-state index in [1.165, 1.54) is 19.3 Å². The smallest absolute Gasteiger partial charge is 0.341 e. The van der Waals surface area contributed by atoms with Crippen LogP contribution in [-0.2, 0) is 14.3 Å². The zero-order chi connectivity index (χ0) is 14.1. The lowest BCUT2D eigenvalue weighted by atomic mass is 9.72. The molecule has 0 radical (unpaired) electrons. The van der Waals surface area contributed by atoms with E-state index >= 15 is 0 Å². The van der Waals surface area contributed by atoms with Crippen LogP contribution in [-0.4, -0.2) is 23.8 Å². The monoisotopic (exact) mass is 268 g/mol. The van der Waals surface area contributed by atoms with Crippen molar-refractivity contribution in [3.05, 3.63) is 0 Å². The van der Waals surface area contributed by atoms with Gasteiger partial charge in [0.05, 0.1) is 6.61 Å². The van der Waals surface area contributed by atoms with Crippen molar-refractivity contribution in [1.82, 2.24) is 0 Å². The largest absolute Gasteiger partial charge is 0.464 e. The molecule has 1 saturated carbocycles. The molecule has 0 aromatic carbocycles. The molecule has 2 aliphatic rings. The molecule has 0 aromatic heterocycles. The zero-order valence-electron chi connectivity index (χ0n) is 12.8. The van der Waals surface area contributed by atoms with Crippen molar-refractivity contribution in [2.45, 2.75) is 77.4 Å². The molecule has 2 rings (SSSR count). The van der Waals surface area contributed by atoms with Gasteiger partial charge in [0.25, 0.3) is 0 Å². The number of hydrogen-bond donors (Lipinski definition) is 0. The van der Waals surface area contributed by atoms with Gasteiger partial charge in [0.2, 0.25) is 0 Å². The first-order valence-corrected chi connectivity index (χ1v) is 7.87. The molecule has 3 unspecified atom stereocenters. The van der Waals surface area contributed by atoms with E-state index in [0.29, 0.717) is 12.5 Å². The van der Waals surface area contributed by atoms with Gasteiger partial charge in [-0.2, -0.15) is 0 Å². The van der Waals surface area contributed by atoms with Crippen molar-refractivity contribution in [3.63, 3.8) is 0 Å². The van der Waals surface area contributed by atoms with Crippen LogP contribution in [0.25, 0.3) is 0 Å². The van der Waals surface area contributed by atoms with Gasteiger partial charge in [-0.05, 0) is 44.4 Å². The van der Waals surface area contributed by atoms with E-state index in [1.807, 2.05) is 13.8 Å². The average Bonchev–Trinajstić information content (AvgIpc) is 2.97. The Labute approximate surface area is 117 Å². The van der Waals surface area contributed by atoms with Crippen LogP contribution in [0.4, 0.5) is 0 Å². The Morgan fingerprint density at radius 1 is 1.42 bits per heavy atom. The lowest BCUT2D eigenvalue weighted by Crippen LogP contribution is -2.38. The molecule has 0 N–H and O–H groups in total. The summed E-state index contributed by atoms with van der Waals surface area (Å²) in [6.45, 7) is 8.88. The number of epoxide rings is 1. The highest BCUT2D eigenvalue weighted by Crippen LogP contribution is 2.60. The number of ether oxygens (including phenoxy) is 2. The number of carbonyl (C=O) groups is 1. The van der Waals surface area contributed by atoms with E-state index in [1.54, 1.807) is 0 Å². The second kappa shape index (κ2) is 5.43. The van der Waals surface area contributed by atoms with Gasteiger partial charge in [-0.25, -0.2) is 4.79 Å². The second-order valence-corrected chi connectivity index (χ2v) is 6.59. The molecule has 1 heterocycles. The van der Waals surface area contributed by atoms with Gasteiger partial charge >= 0.3 is 5.97 Å². The predicted octanol–water partition coefficient (Wildman–Crippen LogP) is 3.70. The fraction of sp³-hybridized carbons (Fsp3) is 0.938. The molecule has 2 fully saturated rings. The lowest BCUT2D eigenvalue weighted by molar-refractivity contribution is -0.149. The SMILES string of the molecule is CCOC(=O)C1(CC)OC12CCCC(CC(C)C)C2. The molecular formula is C16H28O3. The third-order valence-electron chi connectivity index (χ3n) is 4.78. The van der Waals surface area contributed by atoms with Gasteiger partial charge in [-0.1, -0.05) is 33.6 Å². The van der Waals surface area contributed by atoms with E-state index in [2.05, 4.69) is 13.8 Å². The summed E-state index contributed by atoms with van der Waals surface area (Å²) >= 11 is 0. The molecule has 1 aliphatic carbocycles. The summed E-state index contributed by atoms with van der Waals surface area (Å²) in [6.07, 6.45) is 6.50. The van der Waals surface area contributed by atoms with Gasteiger partial charge in [-0.3, -0.25) is 0 Å². The van der Waals surface area contributed by atoms with Crippen molar-refractivity contribution in [1.29, 1.82) is 0 Å². The summed E-state index contributed by atoms with van der Waals surface area (Å²) in [4.78, 5) is 12.2. The topological polar surface area (TPSA) is 38.8 Å². The van der Waals surface area contributed by atoms with Crippen LogP contribution in [0.1, 0.15) is 66.2 Å². The summed E-state index contributed by atoms with van der Waals surface area (Å²) in [5.41, 5.74) is -0.829. The zero-order valence-corrected chi connectivity index (χ0v) is 12.8. The van der Waals surface area contributed by atoms with Crippen LogP contribution in [0.2, 0.25) is 0 Å². The third-order valence-corrected chi connectivity index (χ3v) is 4.78. The molecule has 3 heteroatoms. The van der Waals surface area contributed by atoms with Gasteiger partial charge in [0, 0.05) is 0 Å². The van der Waals surface area contributed by atoms with Gasteiger partial charge < -0.3 is 9.47 Å². The molecule has 1 saturated heterocycles. The van der Waals surface area contributed by atoms with Crippen molar-refractivity contribution in [3.8, 4) is 0 Å². The minimum absolute atomic E-state index is 0.136. The van der Waals surface area contributed by atoms with Crippen LogP contribution >= 0.6 is 0 Å². The van der Waals surface area contributed by atoms with Crippen LogP contribution in [0.15, 0.2) is 0 Å². The first-order valence-electron chi connectivity index (χ1n) is 7.87. The minimum Gasteiger partial charge on any atom is -0.464 e. The number of hydrogen-bond acceptors (Lipinski definition) is 3. The highest BCUT2D eigenvalue weighted by Gasteiger charge is 2.74. The maximum absolute atomic E-state index is 12.2. The Balaban J connectivity index is 2.06. The first-order chi connectivity index (χ1) is 8.99. The molecule has 0 aromatic rings. The second-order valence-electron chi connectivity index (χ2n) is 6.59. The maximum Gasteiger partial charge on any atom is 0.341 e. The van der Waals surface area contributed by atoms with Crippen LogP contribution in [0, 0.1) is 11.8 Å². The quantitative estimate of drug-likeness (QED) is 0.563. The Kier molecular flexibility index (Phi) is 4.24. The third kappa shape index (κ3) is 2.54. The summed E-state index contributed by atoms with van der Waals surface area (Å²) in [5.74, 6) is 1.29. The Bertz CT molecular complexity index is 339. The molecule has 1 spiro atoms. The van der Waals surface area contributed by atoms with Gasteiger partial charge in [-0.15, -0.1) is 0 Å². The Morgan fingerprint density at radius 3 is 2.74 bits per heavy atom. The minimum atomic E-state index is -0.626. The van der Waals surface area contributed by atoms with Gasteiger partial charge in [0.1, 0.15) is 5.60 Å². The highest BCUT2D eigenvalue weighted by atomic mass is 16.7. The number of carbonyl (C=O) groups excluding carboxylic acids is 1. The molecule has 1 aliphatic heterocycles. The average molecular weight is 268 g/mol. The lowest BCUT2D eigenvalue weighted by Gasteiger charge is -2.30. The Morgan fingerprint density at radius 2 is 2.16 bits per heavy atom. The molecular weight excluding hydrogens is 240 g/mol. The Hall–Kier alpha value is -0.570. The normalized spacial score (nSPS) is 37.6. The van der Waals surface area contributed by atoms with E-state index < -0.39 is 5.60 Å². The number of rotatable bonds is 5. The maximum atomic E-state index is 12.2. The summed E-state index contributed by atoms with van der Waals surface area (Å²) < 4.78 is 11.3. The van der Waals surface area contributed by atoms with Crippen molar-refractivity contribution >= 4 is 5.97 Å². The number of esters is 1. The summed E-state index contributed by atoms with van der Waals surface area (Å²) in [5, 5.41) is 0. The molecule has 0 amide bonds. The van der Waals surface area contributed by atoms with Crippen molar-refractivity contribution in [2.75, 3.05) is 6.61 Å². The molecule has 19 heavy (non-hydrogen) atoms. The molecule has 110 valence electrons. The van der Waals surface area contributed by atoms with Crippen molar-refractivity contribution in [2.24, 2.45) is 11.8 Å². The van der Waals surface area contributed by atoms with E-state index in [4.69, 9.17) is 9.47 Å². The van der Waals surface area contributed by atoms with E-state index in [-0.39, 0.29) is 11.6 Å². The molecule has 3 atom stereocenters. The van der Waals surface area contributed by atoms with Crippen LogP contribution in [0.5, 0.6) is 0 Å². The molecule has 0 bridgehead atoms.